The first kappa shape index (κ1) is 17.4. The third kappa shape index (κ3) is 4.72. The van der Waals surface area contributed by atoms with Crippen molar-refractivity contribution in [1.82, 2.24) is 15.6 Å². The molecule has 0 aromatic carbocycles. The molecule has 20 heavy (non-hydrogen) atoms. The molecule has 4 nitrogen and oxygen atoms in total. The van der Waals surface area contributed by atoms with Crippen LogP contribution in [-0.4, -0.2) is 24.0 Å². The lowest BCUT2D eigenvalue weighted by molar-refractivity contribution is -0.125. The van der Waals surface area contributed by atoms with Gasteiger partial charge in [-0.15, -0.1) is 23.7 Å². The Morgan fingerprint density at radius 3 is 2.65 bits per heavy atom. The van der Waals surface area contributed by atoms with Crippen molar-refractivity contribution in [2.45, 2.75) is 45.6 Å². The highest BCUT2D eigenvalue weighted by Gasteiger charge is 2.21. The molecular weight excluding hydrogens is 294 g/mol. The van der Waals surface area contributed by atoms with E-state index in [0.717, 1.165) is 36.6 Å². The van der Waals surface area contributed by atoms with E-state index >= 15 is 0 Å². The van der Waals surface area contributed by atoms with Crippen LogP contribution < -0.4 is 10.6 Å². The Bertz CT molecular complexity index is 436. The SMILES string of the molecule is CC(C)(C)c1csc(CNC(=O)C2CCNCC2)n1.Cl. The Kier molecular flexibility index (Phi) is 6.43. The van der Waals surface area contributed by atoms with E-state index in [2.05, 4.69) is 41.8 Å². The summed E-state index contributed by atoms with van der Waals surface area (Å²) in [6.07, 6.45) is 1.88. The molecule has 0 radical (unpaired) electrons. The molecule has 2 rings (SSSR count). The second kappa shape index (κ2) is 7.38. The molecule has 6 heteroatoms. The minimum atomic E-state index is 0. The van der Waals surface area contributed by atoms with Gasteiger partial charge in [-0.1, -0.05) is 20.8 Å². The topological polar surface area (TPSA) is 54.0 Å². The zero-order valence-electron chi connectivity index (χ0n) is 12.4. The third-order valence-corrected chi connectivity index (χ3v) is 4.29. The normalized spacial score (nSPS) is 16.6. The van der Waals surface area contributed by atoms with Crippen molar-refractivity contribution < 1.29 is 4.79 Å². The number of halogens is 1. The van der Waals surface area contributed by atoms with E-state index in [9.17, 15) is 4.79 Å². The first-order valence-electron chi connectivity index (χ1n) is 6.90. The zero-order chi connectivity index (χ0) is 13.9. The first-order valence-corrected chi connectivity index (χ1v) is 7.78. The molecule has 1 aliphatic heterocycles. The maximum atomic E-state index is 12.0. The van der Waals surface area contributed by atoms with Gasteiger partial charge in [-0.3, -0.25) is 4.79 Å². The molecule has 0 atom stereocenters. The van der Waals surface area contributed by atoms with Crippen molar-refractivity contribution in [3.63, 3.8) is 0 Å². The van der Waals surface area contributed by atoms with Gasteiger partial charge in [0.2, 0.25) is 5.91 Å². The van der Waals surface area contributed by atoms with Crippen LogP contribution in [0.1, 0.15) is 44.3 Å². The number of aromatic nitrogens is 1. The number of piperidine rings is 1. The lowest BCUT2D eigenvalue weighted by Crippen LogP contribution is -2.37. The fourth-order valence-corrected chi connectivity index (χ4v) is 3.09. The number of amides is 1. The van der Waals surface area contributed by atoms with Crippen molar-refractivity contribution >= 4 is 29.7 Å². The van der Waals surface area contributed by atoms with Crippen LogP contribution in [0.5, 0.6) is 0 Å². The summed E-state index contributed by atoms with van der Waals surface area (Å²) in [4.78, 5) is 16.6. The number of carbonyl (C=O) groups excluding carboxylic acids is 1. The molecule has 2 N–H and O–H groups in total. The van der Waals surface area contributed by atoms with Gasteiger partial charge in [-0.25, -0.2) is 4.98 Å². The predicted molar refractivity (Wildman–Crippen MR) is 85.5 cm³/mol. The van der Waals surface area contributed by atoms with Crippen LogP contribution in [0.25, 0.3) is 0 Å². The Hall–Kier alpha value is -0.650. The van der Waals surface area contributed by atoms with Gasteiger partial charge >= 0.3 is 0 Å². The fraction of sp³-hybridized carbons (Fsp3) is 0.714. The smallest absolute Gasteiger partial charge is 0.223 e. The van der Waals surface area contributed by atoms with E-state index in [0.29, 0.717) is 6.54 Å². The highest BCUT2D eigenvalue weighted by molar-refractivity contribution is 7.09. The lowest BCUT2D eigenvalue weighted by atomic mass is 9.93. The van der Waals surface area contributed by atoms with Crippen LogP contribution in [-0.2, 0) is 16.8 Å². The zero-order valence-corrected chi connectivity index (χ0v) is 14.0. The van der Waals surface area contributed by atoms with Crippen molar-refractivity contribution in [3.8, 4) is 0 Å². The molecular formula is C14H24ClN3OS. The molecule has 0 spiro atoms. The second-order valence-corrected chi connectivity index (χ2v) is 7.06. The standard InChI is InChI=1S/C14H23N3OS.ClH/c1-14(2,3)11-9-19-12(17-11)8-16-13(18)10-4-6-15-7-5-10;/h9-10,15H,4-8H2,1-3H3,(H,16,18);1H. The molecule has 1 aromatic rings. The fourth-order valence-electron chi connectivity index (χ4n) is 2.13. The maximum Gasteiger partial charge on any atom is 0.223 e. The van der Waals surface area contributed by atoms with E-state index in [4.69, 9.17) is 0 Å². The van der Waals surface area contributed by atoms with Crippen molar-refractivity contribution in [3.05, 3.63) is 16.1 Å². The van der Waals surface area contributed by atoms with Crippen LogP contribution in [0.2, 0.25) is 0 Å². The number of carbonyl (C=O) groups is 1. The van der Waals surface area contributed by atoms with E-state index in [1.54, 1.807) is 11.3 Å². The molecule has 1 aromatic heterocycles. The Balaban J connectivity index is 0.00000200. The van der Waals surface area contributed by atoms with Gasteiger partial charge in [0.1, 0.15) is 5.01 Å². The van der Waals surface area contributed by atoms with Gasteiger partial charge in [0.25, 0.3) is 0 Å². The van der Waals surface area contributed by atoms with E-state index in [1.807, 2.05) is 0 Å². The van der Waals surface area contributed by atoms with Gasteiger partial charge in [0.05, 0.1) is 12.2 Å². The molecule has 2 heterocycles. The van der Waals surface area contributed by atoms with Crippen molar-refractivity contribution in [2.24, 2.45) is 5.92 Å². The van der Waals surface area contributed by atoms with Gasteiger partial charge in [0.15, 0.2) is 0 Å². The number of hydrogen-bond acceptors (Lipinski definition) is 4. The Labute approximate surface area is 131 Å². The molecule has 1 saturated heterocycles. The molecule has 0 aliphatic carbocycles. The summed E-state index contributed by atoms with van der Waals surface area (Å²) in [6.45, 7) is 8.91. The molecule has 0 unspecified atom stereocenters. The van der Waals surface area contributed by atoms with Gasteiger partial charge in [-0.05, 0) is 25.9 Å². The van der Waals surface area contributed by atoms with Crippen LogP contribution >= 0.6 is 23.7 Å². The molecule has 1 amide bonds. The summed E-state index contributed by atoms with van der Waals surface area (Å²) >= 11 is 1.63. The summed E-state index contributed by atoms with van der Waals surface area (Å²) in [5.41, 5.74) is 1.18. The van der Waals surface area contributed by atoms with Crippen molar-refractivity contribution in [1.29, 1.82) is 0 Å². The summed E-state index contributed by atoms with van der Waals surface area (Å²) in [5, 5.41) is 9.37. The maximum absolute atomic E-state index is 12.0. The highest BCUT2D eigenvalue weighted by atomic mass is 35.5. The Morgan fingerprint density at radius 1 is 1.45 bits per heavy atom. The highest BCUT2D eigenvalue weighted by Crippen LogP contribution is 2.23. The van der Waals surface area contributed by atoms with E-state index < -0.39 is 0 Å². The number of hydrogen-bond donors (Lipinski definition) is 2. The second-order valence-electron chi connectivity index (χ2n) is 6.12. The predicted octanol–water partition coefficient (Wildman–Crippen LogP) is 2.48. The number of rotatable bonds is 3. The number of thiazole rings is 1. The Morgan fingerprint density at radius 2 is 2.10 bits per heavy atom. The first-order chi connectivity index (χ1) is 8.97. The third-order valence-electron chi connectivity index (χ3n) is 3.44. The van der Waals surface area contributed by atoms with Crippen LogP contribution in [0.15, 0.2) is 5.38 Å². The van der Waals surface area contributed by atoms with Crippen LogP contribution in [0, 0.1) is 5.92 Å². The molecule has 0 saturated carbocycles. The average Bonchev–Trinajstić information content (AvgIpc) is 2.86. The van der Waals surface area contributed by atoms with E-state index in [-0.39, 0.29) is 29.6 Å². The summed E-state index contributed by atoms with van der Waals surface area (Å²) in [7, 11) is 0. The van der Waals surface area contributed by atoms with Gasteiger partial charge in [0, 0.05) is 16.7 Å². The minimum absolute atomic E-state index is 0. The number of nitrogens with zero attached hydrogens (tertiary/aromatic N) is 1. The average molecular weight is 318 g/mol. The lowest BCUT2D eigenvalue weighted by Gasteiger charge is -2.21. The van der Waals surface area contributed by atoms with Crippen molar-refractivity contribution in [2.75, 3.05) is 13.1 Å². The van der Waals surface area contributed by atoms with E-state index in [1.165, 1.54) is 0 Å². The molecule has 1 aliphatic rings. The summed E-state index contributed by atoms with van der Waals surface area (Å²) in [6, 6.07) is 0. The largest absolute Gasteiger partial charge is 0.349 e. The monoisotopic (exact) mass is 317 g/mol. The number of nitrogens with one attached hydrogen (secondary N) is 2. The summed E-state index contributed by atoms with van der Waals surface area (Å²) < 4.78 is 0. The quantitative estimate of drug-likeness (QED) is 0.900. The van der Waals surface area contributed by atoms with Gasteiger partial charge < -0.3 is 10.6 Å². The molecule has 114 valence electrons. The molecule has 1 fully saturated rings. The molecule has 0 bridgehead atoms. The van der Waals surface area contributed by atoms with Crippen LogP contribution in [0.3, 0.4) is 0 Å². The summed E-state index contributed by atoms with van der Waals surface area (Å²) in [5.74, 6) is 0.345. The minimum Gasteiger partial charge on any atom is -0.349 e. The van der Waals surface area contributed by atoms with Gasteiger partial charge in [-0.2, -0.15) is 0 Å². The van der Waals surface area contributed by atoms with Crippen LogP contribution in [0.4, 0.5) is 0 Å².